The first-order valence-corrected chi connectivity index (χ1v) is 12.7. The molecular weight excluding hydrogens is 509 g/mol. The van der Waals surface area contributed by atoms with Crippen molar-refractivity contribution in [1.82, 2.24) is 4.90 Å². The monoisotopic (exact) mass is 535 g/mol. The number of rotatable bonds is 9. The zero-order valence-corrected chi connectivity index (χ0v) is 21.7. The van der Waals surface area contributed by atoms with E-state index >= 15 is 0 Å². The van der Waals surface area contributed by atoms with Crippen molar-refractivity contribution < 1.29 is 28.2 Å². The lowest BCUT2D eigenvalue weighted by molar-refractivity contribution is -0.128. The molecule has 0 aliphatic carbocycles. The van der Waals surface area contributed by atoms with Gasteiger partial charge in [0.2, 0.25) is 11.8 Å². The molecule has 3 aromatic rings. The summed E-state index contributed by atoms with van der Waals surface area (Å²) in [6.45, 7) is 0.318. The SMILES string of the molecule is COC(=O)c1ccc(NC(=O)C[C@H]2SC(=Nc3ccccc3F)N(CCc3ccc(OC)cc3)C2=O)cc1. The Hall–Kier alpha value is -4.18. The number of esters is 1. The van der Waals surface area contributed by atoms with Crippen LogP contribution in [0.25, 0.3) is 0 Å². The van der Waals surface area contributed by atoms with Crippen LogP contribution in [0.3, 0.4) is 0 Å². The second-order valence-corrected chi connectivity index (χ2v) is 9.53. The smallest absolute Gasteiger partial charge is 0.337 e. The zero-order chi connectivity index (χ0) is 27.1. The Morgan fingerprint density at radius 1 is 1.03 bits per heavy atom. The number of para-hydroxylation sites is 1. The molecule has 1 aliphatic rings. The number of hydrogen-bond acceptors (Lipinski definition) is 7. The summed E-state index contributed by atoms with van der Waals surface area (Å²) < 4.78 is 24.2. The Balaban J connectivity index is 1.48. The Bertz CT molecular complexity index is 1350. The van der Waals surface area contributed by atoms with Gasteiger partial charge in [-0.05, 0) is 60.5 Å². The Morgan fingerprint density at radius 2 is 1.74 bits per heavy atom. The molecule has 0 spiro atoms. The van der Waals surface area contributed by atoms with Gasteiger partial charge < -0.3 is 14.8 Å². The fraction of sp³-hybridized carbons (Fsp3) is 0.214. The molecule has 1 fully saturated rings. The van der Waals surface area contributed by atoms with Crippen LogP contribution in [0, 0.1) is 5.82 Å². The van der Waals surface area contributed by atoms with Crippen molar-refractivity contribution >= 4 is 46.1 Å². The molecule has 196 valence electrons. The van der Waals surface area contributed by atoms with Crippen molar-refractivity contribution in [3.63, 3.8) is 0 Å². The van der Waals surface area contributed by atoms with E-state index in [-0.39, 0.29) is 23.9 Å². The highest BCUT2D eigenvalue weighted by atomic mass is 32.2. The minimum absolute atomic E-state index is 0.0996. The van der Waals surface area contributed by atoms with Crippen LogP contribution < -0.4 is 10.1 Å². The first-order valence-electron chi connectivity index (χ1n) is 11.8. The number of nitrogens with zero attached hydrogens (tertiary/aromatic N) is 2. The van der Waals surface area contributed by atoms with Crippen LogP contribution in [0.5, 0.6) is 5.75 Å². The van der Waals surface area contributed by atoms with Crippen LogP contribution in [0.15, 0.2) is 77.8 Å². The highest BCUT2D eigenvalue weighted by Gasteiger charge is 2.39. The van der Waals surface area contributed by atoms with Crippen molar-refractivity contribution in [3.05, 3.63) is 89.7 Å². The quantitative estimate of drug-likeness (QED) is 0.395. The predicted octanol–water partition coefficient (Wildman–Crippen LogP) is 4.82. The Morgan fingerprint density at radius 3 is 2.39 bits per heavy atom. The van der Waals surface area contributed by atoms with Crippen molar-refractivity contribution in [2.75, 3.05) is 26.1 Å². The Kier molecular flexibility index (Phi) is 8.75. The molecular formula is C28H26FN3O5S. The lowest BCUT2D eigenvalue weighted by Crippen LogP contribution is -2.35. The van der Waals surface area contributed by atoms with Crippen LogP contribution in [-0.4, -0.2) is 53.9 Å². The van der Waals surface area contributed by atoms with E-state index in [0.29, 0.717) is 29.4 Å². The average molecular weight is 536 g/mol. The van der Waals surface area contributed by atoms with Gasteiger partial charge >= 0.3 is 5.97 Å². The molecule has 0 radical (unpaired) electrons. The molecule has 1 heterocycles. The van der Waals surface area contributed by atoms with Gasteiger partial charge in [-0.2, -0.15) is 0 Å². The zero-order valence-electron chi connectivity index (χ0n) is 20.8. The number of ether oxygens (including phenoxy) is 2. The minimum atomic E-state index is -0.717. The number of halogens is 1. The van der Waals surface area contributed by atoms with E-state index in [1.165, 1.54) is 36.3 Å². The number of amidine groups is 1. The summed E-state index contributed by atoms with van der Waals surface area (Å²) in [4.78, 5) is 43.6. The number of methoxy groups -OCH3 is 2. The van der Waals surface area contributed by atoms with E-state index in [1.54, 1.807) is 31.4 Å². The molecule has 1 aliphatic heterocycles. The highest BCUT2D eigenvalue weighted by Crippen LogP contribution is 2.33. The topological polar surface area (TPSA) is 97.3 Å². The van der Waals surface area contributed by atoms with E-state index in [4.69, 9.17) is 4.74 Å². The van der Waals surface area contributed by atoms with Crippen LogP contribution in [-0.2, 0) is 20.7 Å². The molecule has 38 heavy (non-hydrogen) atoms. The van der Waals surface area contributed by atoms with Crippen LogP contribution in [0.2, 0.25) is 0 Å². The van der Waals surface area contributed by atoms with E-state index < -0.39 is 17.0 Å². The third kappa shape index (κ3) is 6.57. The standard InChI is InChI=1S/C28H26FN3O5S/c1-36-21-13-7-18(8-14-21)15-16-32-26(34)24(38-28(32)31-23-6-4-3-5-22(23)29)17-25(33)30-20-11-9-19(10-12-20)27(35)37-2/h3-14,24H,15-17H2,1-2H3,(H,30,33)/t24-/m1/s1. The number of nitrogens with one attached hydrogen (secondary N) is 1. The molecule has 10 heteroatoms. The molecule has 1 N–H and O–H groups in total. The molecule has 0 bridgehead atoms. The maximum absolute atomic E-state index is 14.3. The molecule has 0 aromatic heterocycles. The lowest BCUT2D eigenvalue weighted by atomic mass is 10.1. The van der Waals surface area contributed by atoms with Gasteiger partial charge in [0.1, 0.15) is 22.5 Å². The van der Waals surface area contributed by atoms with Gasteiger partial charge in [0.05, 0.1) is 19.8 Å². The summed E-state index contributed by atoms with van der Waals surface area (Å²) in [6, 6.07) is 19.8. The van der Waals surface area contributed by atoms with Gasteiger partial charge in [0, 0.05) is 18.7 Å². The molecule has 4 rings (SSSR count). The van der Waals surface area contributed by atoms with E-state index in [1.807, 2.05) is 24.3 Å². The summed E-state index contributed by atoms with van der Waals surface area (Å²) in [7, 11) is 2.88. The largest absolute Gasteiger partial charge is 0.497 e. The summed E-state index contributed by atoms with van der Waals surface area (Å²) in [5, 5.41) is 2.37. The summed E-state index contributed by atoms with van der Waals surface area (Å²) in [5.74, 6) is -0.889. The van der Waals surface area contributed by atoms with Crippen molar-refractivity contribution in [3.8, 4) is 5.75 Å². The number of hydrogen-bond donors (Lipinski definition) is 1. The van der Waals surface area contributed by atoms with Crippen LogP contribution in [0.4, 0.5) is 15.8 Å². The molecule has 3 aromatic carbocycles. The van der Waals surface area contributed by atoms with Crippen LogP contribution >= 0.6 is 11.8 Å². The maximum Gasteiger partial charge on any atom is 0.337 e. The number of carbonyl (C=O) groups is 3. The first kappa shape index (κ1) is 26.9. The van der Waals surface area contributed by atoms with Crippen molar-refractivity contribution in [2.45, 2.75) is 18.1 Å². The molecule has 8 nitrogen and oxygen atoms in total. The van der Waals surface area contributed by atoms with Gasteiger partial charge in [0.25, 0.3) is 0 Å². The second-order valence-electron chi connectivity index (χ2n) is 8.36. The summed E-state index contributed by atoms with van der Waals surface area (Å²) in [6.07, 6.45) is 0.440. The molecule has 0 saturated carbocycles. The van der Waals surface area contributed by atoms with Crippen LogP contribution in [0.1, 0.15) is 22.3 Å². The fourth-order valence-corrected chi connectivity index (χ4v) is 4.97. The lowest BCUT2D eigenvalue weighted by Gasteiger charge is -2.17. The van der Waals surface area contributed by atoms with Gasteiger partial charge in [0.15, 0.2) is 5.17 Å². The van der Waals surface area contributed by atoms with Gasteiger partial charge in [-0.3, -0.25) is 14.5 Å². The number of thioether (sulfide) groups is 1. The van der Waals surface area contributed by atoms with E-state index in [2.05, 4.69) is 15.0 Å². The number of benzene rings is 3. The van der Waals surface area contributed by atoms with Gasteiger partial charge in [-0.25, -0.2) is 14.2 Å². The number of aliphatic imine (C=N–C) groups is 1. The van der Waals surface area contributed by atoms with E-state index in [0.717, 1.165) is 23.1 Å². The number of carbonyl (C=O) groups excluding carboxylic acids is 3. The summed E-state index contributed by atoms with van der Waals surface area (Å²) in [5.41, 5.74) is 1.95. The highest BCUT2D eigenvalue weighted by molar-refractivity contribution is 8.15. The minimum Gasteiger partial charge on any atom is -0.497 e. The Labute approximate surface area is 223 Å². The van der Waals surface area contributed by atoms with E-state index in [9.17, 15) is 18.8 Å². The number of anilines is 1. The normalized spacial score (nSPS) is 16.0. The maximum atomic E-state index is 14.3. The average Bonchev–Trinajstić information content (AvgIpc) is 3.22. The van der Waals surface area contributed by atoms with Gasteiger partial charge in [-0.15, -0.1) is 0 Å². The predicted molar refractivity (Wildman–Crippen MR) is 144 cm³/mol. The third-order valence-corrected chi connectivity index (χ3v) is 7.01. The third-order valence-electron chi connectivity index (χ3n) is 5.83. The van der Waals surface area contributed by atoms with Crippen molar-refractivity contribution in [2.24, 2.45) is 4.99 Å². The number of amides is 2. The summed E-state index contributed by atoms with van der Waals surface area (Å²) >= 11 is 1.14. The van der Waals surface area contributed by atoms with Gasteiger partial charge in [-0.1, -0.05) is 36.0 Å². The second kappa shape index (κ2) is 12.4. The van der Waals surface area contributed by atoms with Crippen molar-refractivity contribution in [1.29, 1.82) is 0 Å². The molecule has 1 atom stereocenters. The molecule has 1 saturated heterocycles. The molecule has 2 amide bonds. The fourth-order valence-electron chi connectivity index (χ4n) is 3.80. The first-order chi connectivity index (χ1) is 18.4. The molecule has 0 unspecified atom stereocenters.